The number of hydrogen-bond acceptors (Lipinski definition) is 5. The van der Waals surface area contributed by atoms with Gasteiger partial charge in [0.2, 0.25) is 0 Å². The molecular weight excluding hydrogens is 701 g/mol. The first-order chi connectivity index (χ1) is 19.8. The molecule has 0 aliphatic carbocycles. The van der Waals surface area contributed by atoms with E-state index >= 15 is 0 Å². The number of ether oxygens (including phenoxy) is 1. The Balaban J connectivity index is 0.00000353. The molecule has 3 heterocycles. The second kappa shape index (κ2) is 12.3. The van der Waals surface area contributed by atoms with Gasteiger partial charge in [-0.15, -0.1) is 23.6 Å². The molecule has 5 aromatic rings. The molecule has 1 aliphatic rings. The normalized spacial score (nSPS) is 13.9. The van der Waals surface area contributed by atoms with E-state index in [0.717, 1.165) is 38.9 Å². The number of nitrogens with zero attached hydrogens (tertiary/aromatic N) is 6. The van der Waals surface area contributed by atoms with Crippen molar-refractivity contribution in [2.24, 2.45) is 0 Å². The third-order valence-electron chi connectivity index (χ3n) is 7.58. The van der Waals surface area contributed by atoms with E-state index in [1.54, 1.807) is 0 Å². The van der Waals surface area contributed by atoms with Crippen LogP contribution in [0.25, 0.3) is 33.3 Å². The Morgan fingerprint density at radius 2 is 1.60 bits per heavy atom. The van der Waals surface area contributed by atoms with Gasteiger partial charge in [0.05, 0.1) is 0 Å². The maximum atomic E-state index is 6.38. The summed E-state index contributed by atoms with van der Waals surface area (Å²) >= 11 is 0. The van der Waals surface area contributed by atoms with Crippen molar-refractivity contribution >= 4 is 47.5 Å². The minimum absolute atomic E-state index is 0. The summed E-state index contributed by atoms with van der Waals surface area (Å²) in [5.74, 6) is 2.07. The van der Waals surface area contributed by atoms with Crippen LogP contribution in [0.4, 0.5) is 0 Å². The van der Waals surface area contributed by atoms with Crippen LogP contribution in [0, 0.1) is 18.2 Å². The summed E-state index contributed by atoms with van der Waals surface area (Å²) in [6.07, 6.45) is 7.33. The van der Waals surface area contributed by atoms with Gasteiger partial charge >= 0.3 is 13.7 Å². The molecule has 0 radical (unpaired) electrons. The predicted octanol–water partition coefficient (Wildman–Crippen LogP) is 4.55. The Kier molecular flexibility index (Phi) is 8.74. The first-order valence-electron chi connectivity index (χ1n) is 13.7. The van der Waals surface area contributed by atoms with Gasteiger partial charge < -0.3 is 23.4 Å². The second-order valence-electron chi connectivity index (χ2n) is 10.8. The quantitative estimate of drug-likeness (QED) is 0.190. The van der Waals surface area contributed by atoms with Gasteiger partial charge in [0.25, 0.3) is 0 Å². The van der Waals surface area contributed by atoms with E-state index < -0.39 is 0 Å². The number of aromatic nitrogens is 2. The van der Waals surface area contributed by atoms with Gasteiger partial charge in [-0.2, -0.15) is 18.2 Å². The van der Waals surface area contributed by atoms with Crippen molar-refractivity contribution in [3.63, 3.8) is 0 Å². The van der Waals surface area contributed by atoms with Gasteiger partial charge in [-0.05, 0) is 58.8 Å². The maximum absolute atomic E-state index is 6.38. The molecule has 10 heteroatoms. The second-order valence-corrected chi connectivity index (χ2v) is 10.8. The molecule has 6 rings (SSSR count). The van der Waals surface area contributed by atoms with Crippen molar-refractivity contribution in [3.8, 4) is 17.3 Å². The summed E-state index contributed by atoms with van der Waals surface area (Å²) in [4.78, 5) is 11.3. The number of hydrogen-bond donors (Lipinski definition) is 0. The molecule has 0 bridgehead atoms. The van der Waals surface area contributed by atoms with E-state index in [4.69, 9.17) is 4.74 Å². The van der Waals surface area contributed by atoms with Crippen LogP contribution >= 0.6 is 0 Å². The predicted molar refractivity (Wildman–Crippen MR) is 168 cm³/mol. The molecule has 214 valence electrons. The fourth-order valence-electron chi connectivity index (χ4n) is 5.82. The Morgan fingerprint density at radius 3 is 2.33 bits per heavy atom. The molecule has 2 aromatic heterocycles. The van der Waals surface area contributed by atoms with Crippen molar-refractivity contribution in [1.82, 2.24) is 24.0 Å². The first-order valence-corrected chi connectivity index (χ1v) is 13.7. The van der Waals surface area contributed by atoms with Gasteiger partial charge in [0.1, 0.15) is 12.9 Å². The molecular formula is C32H32B2N6OPt-2. The van der Waals surface area contributed by atoms with Crippen molar-refractivity contribution < 1.29 is 30.3 Å². The van der Waals surface area contributed by atoms with Crippen LogP contribution in [0.3, 0.4) is 0 Å². The summed E-state index contributed by atoms with van der Waals surface area (Å²) in [7, 11) is 12.6. The molecule has 0 N–H and O–H groups in total. The third-order valence-corrected chi connectivity index (χ3v) is 7.58. The summed E-state index contributed by atoms with van der Waals surface area (Å²) in [6, 6.07) is 31.3. The molecule has 0 fully saturated rings. The van der Waals surface area contributed by atoms with Crippen LogP contribution < -0.4 is 4.74 Å². The fraction of sp³-hybridized carbons (Fsp3) is 0.188. The Bertz CT molecular complexity index is 1790. The number of rotatable bonds is 6. The number of para-hydroxylation sites is 1. The Labute approximate surface area is 263 Å². The van der Waals surface area contributed by atoms with Crippen molar-refractivity contribution in [1.29, 1.82) is 0 Å². The monoisotopic (exact) mass is 733 g/mol. The summed E-state index contributed by atoms with van der Waals surface area (Å²) in [5, 5.41) is 2.25. The third kappa shape index (κ3) is 5.45. The van der Waals surface area contributed by atoms with E-state index in [9.17, 15) is 0 Å². The van der Waals surface area contributed by atoms with Crippen molar-refractivity contribution in [2.75, 3.05) is 42.3 Å². The molecule has 0 spiro atoms. The average molecular weight is 733 g/mol. The van der Waals surface area contributed by atoms with Crippen molar-refractivity contribution in [2.45, 2.75) is 0 Å². The molecule has 1 aliphatic heterocycles. The van der Waals surface area contributed by atoms with Gasteiger partial charge in [-0.3, -0.25) is 10.4 Å². The summed E-state index contributed by atoms with van der Waals surface area (Å²) in [6.45, 7) is 0.213. The van der Waals surface area contributed by atoms with Crippen LogP contribution in [0.1, 0.15) is 5.56 Å². The smallest absolute Gasteiger partial charge is 0.504 e. The molecule has 0 atom stereocenters. The Hall–Kier alpha value is -3.64. The van der Waals surface area contributed by atoms with Crippen LogP contribution in [0.2, 0.25) is 0 Å². The topological polar surface area (TPSA) is 39.8 Å². The van der Waals surface area contributed by atoms with Gasteiger partial charge in [-0.25, -0.2) is 22.8 Å². The number of fused-ring (bicyclic) bond motifs is 3. The number of allylic oxidation sites excluding steroid dienone is 1. The average Bonchev–Trinajstić information content (AvgIpc) is 3.22. The minimum atomic E-state index is 0. The standard InChI is InChI=1S/C32H32B2N6O.Pt/c1-36(2)33-34(37(3)4)39(6)29(19-21-38(33)5)24-12-11-13-25(22-24)41-26-17-18-28-27-14-7-8-15-30(27)40(31(28)23-26)32-16-9-10-20-35-32;/h7-18,20-21H,1-6H3;/q-2;. The fourth-order valence-corrected chi connectivity index (χ4v) is 5.82. The van der Waals surface area contributed by atoms with E-state index in [1.165, 1.54) is 0 Å². The van der Waals surface area contributed by atoms with Crippen LogP contribution in [0.5, 0.6) is 11.5 Å². The number of benzene rings is 3. The summed E-state index contributed by atoms with van der Waals surface area (Å²) in [5.41, 5.74) is 3.85. The summed E-state index contributed by atoms with van der Waals surface area (Å²) < 4.78 is 10.7. The minimum Gasteiger partial charge on any atom is -0.504 e. The van der Waals surface area contributed by atoms with Crippen LogP contribution in [0.15, 0.2) is 79.0 Å². The molecule has 0 saturated carbocycles. The van der Waals surface area contributed by atoms with Gasteiger partial charge in [-0.1, -0.05) is 29.8 Å². The van der Waals surface area contributed by atoms with Crippen LogP contribution in [-0.2, 0) is 21.1 Å². The van der Waals surface area contributed by atoms with Crippen molar-refractivity contribution in [3.05, 3.63) is 103 Å². The zero-order valence-corrected chi connectivity index (χ0v) is 26.9. The first kappa shape index (κ1) is 29.8. The van der Waals surface area contributed by atoms with Gasteiger partial charge in [0, 0.05) is 50.5 Å². The van der Waals surface area contributed by atoms with E-state index in [0.29, 0.717) is 11.5 Å². The zero-order chi connectivity index (χ0) is 28.7. The van der Waals surface area contributed by atoms with Crippen LogP contribution in [-0.4, -0.2) is 90.7 Å². The molecule has 0 unspecified atom stereocenters. The molecule has 0 amide bonds. The SMILES string of the molecule is CN(C)B1B(N(C)C)[N+](C)=C[C-]=C(c2[c-]c(Oc3[c-]c4c(cc3)c3ccccc3n4-c3ccccn3)ccc2)N1C.[Pt]. The molecule has 0 saturated heterocycles. The zero-order valence-electron chi connectivity index (χ0n) is 24.6. The van der Waals surface area contributed by atoms with E-state index in [-0.39, 0.29) is 34.8 Å². The largest absolute Gasteiger partial charge is 0.570 e. The molecule has 42 heavy (non-hydrogen) atoms. The molecule has 7 nitrogen and oxygen atoms in total. The number of pyridine rings is 1. The van der Waals surface area contributed by atoms with E-state index in [2.05, 4.69) is 113 Å². The maximum Gasteiger partial charge on any atom is 0.570 e. The molecule has 3 aromatic carbocycles. The van der Waals surface area contributed by atoms with Gasteiger partial charge in [0.15, 0.2) is 0 Å². The Morgan fingerprint density at radius 1 is 0.833 bits per heavy atom. The van der Waals surface area contributed by atoms with E-state index in [1.807, 2.05) is 60.9 Å².